The van der Waals surface area contributed by atoms with Gasteiger partial charge in [-0.2, -0.15) is 4.98 Å². The van der Waals surface area contributed by atoms with Crippen molar-refractivity contribution in [2.45, 2.75) is 64.7 Å². The van der Waals surface area contributed by atoms with Crippen LogP contribution in [0, 0.1) is 18.8 Å². The molecule has 1 saturated heterocycles. The van der Waals surface area contributed by atoms with Crippen molar-refractivity contribution < 1.29 is 0 Å². The van der Waals surface area contributed by atoms with Gasteiger partial charge in [-0.15, -0.1) is 0 Å². The largest absolute Gasteiger partial charge is 0.361 e. The summed E-state index contributed by atoms with van der Waals surface area (Å²) in [6.45, 7) is 9.49. The van der Waals surface area contributed by atoms with Crippen LogP contribution in [0.1, 0.15) is 63.6 Å². The highest BCUT2D eigenvalue weighted by Gasteiger charge is 2.34. The maximum absolute atomic E-state index is 6.33. The molecule has 2 aromatic rings. The molecule has 2 atom stereocenters. The molecule has 7 heteroatoms. The number of anilines is 2. The fraction of sp³-hybridized carbons (Fsp3) is 0.577. The van der Waals surface area contributed by atoms with Gasteiger partial charge in [-0.3, -0.25) is 0 Å². The van der Waals surface area contributed by atoms with Crippen molar-refractivity contribution in [1.82, 2.24) is 15.3 Å². The first-order valence-electron chi connectivity index (χ1n) is 12.2. The lowest BCUT2D eigenvalue weighted by atomic mass is 9.69. The molecule has 0 bridgehead atoms. The van der Waals surface area contributed by atoms with Crippen LogP contribution in [0.4, 0.5) is 11.8 Å². The van der Waals surface area contributed by atoms with E-state index in [4.69, 9.17) is 28.8 Å². The van der Waals surface area contributed by atoms with Crippen LogP contribution in [-0.2, 0) is 5.41 Å². The Kier molecular flexibility index (Phi) is 7.75. The Labute approximate surface area is 208 Å². The number of rotatable bonds is 5. The molecule has 0 radical (unpaired) electrons. The summed E-state index contributed by atoms with van der Waals surface area (Å²) < 4.78 is 0. The monoisotopic (exact) mass is 485 g/mol. The molecular weight excluding hydrogens is 450 g/mol. The van der Waals surface area contributed by atoms with Gasteiger partial charge in [0.2, 0.25) is 5.95 Å². The number of aromatic nitrogens is 2. The van der Waals surface area contributed by atoms with Crippen molar-refractivity contribution in [3.05, 3.63) is 46.6 Å². The molecule has 2 aliphatic rings. The van der Waals surface area contributed by atoms with Gasteiger partial charge in [-0.1, -0.05) is 56.8 Å². The number of hydrogen-bond acceptors (Lipinski definition) is 4. The van der Waals surface area contributed by atoms with Crippen LogP contribution in [0.2, 0.25) is 5.02 Å². The molecule has 1 aliphatic carbocycles. The van der Waals surface area contributed by atoms with Gasteiger partial charge in [0.05, 0.1) is 0 Å². The molecule has 0 spiro atoms. The average molecular weight is 486 g/mol. The van der Waals surface area contributed by atoms with E-state index in [0.717, 1.165) is 49.0 Å². The zero-order chi connectivity index (χ0) is 23.4. The number of halogens is 1. The van der Waals surface area contributed by atoms with E-state index in [9.17, 15) is 0 Å². The molecule has 1 aliphatic heterocycles. The second-order valence-electron chi connectivity index (χ2n) is 10.2. The topological polar surface area (TPSA) is 53.1 Å². The molecule has 0 amide bonds. The number of aryl methyl sites for hydroxylation is 1. The number of benzene rings is 1. The predicted molar refractivity (Wildman–Crippen MR) is 142 cm³/mol. The first-order valence-corrected chi connectivity index (χ1v) is 13.0. The number of piperidine rings is 1. The van der Waals surface area contributed by atoms with Crippen molar-refractivity contribution in [3.8, 4) is 0 Å². The quantitative estimate of drug-likeness (QED) is 0.498. The van der Waals surface area contributed by atoms with Crippen LogP contribution >= 0.6 is 23.8 Å². The summed E-state index contributed by atoms with van der Waals surface area (Å²) in [4.78, 5) is 11.8. The Morgan fingerprint density at radius 1 is 1.12 bits per heavy atom. The molecule has 2 N–H and O–H groups in total. The van der Waals surface area contributed by atoms with Gasteiger partial charge in [0.25, 0.3) is 0 Å². The Balaban J connectivity index is 1.44. The lowest BCUT2D eigenvalue weighted by Gasteiger charge is -2.38. The third-order valence-electron chi connectivity index (χ3n) is 7.09. The lowest BCUT2D eigenvalue weighted by molar-refractivity contribution is 0.292. The van der Waals surface area contributed by atoms with E-state index in [-0.39, 0.29) is 5.41 Å². The summed E-state index contributed by atoms with van der Waals surface area (Å²) in [6.07, 6.45) is 7.29. The molecule has 1 aromatic heterocycles. The summed E-state index contributed by atoms with van der Waals surface area (Å²) in [7, 11) is 0. The molecule has 2 heterocycles. The summed E-state index contributed by atoms with van der Waals surface area (Å²) in [5.41, 5.74) is 2.29. The number of hydrogen-bond donors (Lipinski definition) is 2. The first kappa shape index (κ1) is 24.2. The van der Waals surface area contributed by atoms with Crippen LogP contribution in [0.3, 0.4) is 0 Å². The molecule has 178 valence electrons. The normalized spacial score (nSPS) is 22.6. The number of nitrogens with zero attached hydrogens (tertiary/aromatic N) is 3. The summed E-state index contributed by atoms with van der Waals surface area (Å²) in [5.74, 6) is 2.88. The predicted octanol–water partition coefficient (Wildman–Crippen LogP) is 6.11. The van der Waals surface area contributed by atoms with Crippen molar-refractivity contribution in [2.75, 3.05) is 29.9 Å². The smallest absolute Gasteiger partial charge is 0.231 e. The number of thiocarbonyl (C=S) groups is 1. The first-order chi connectivity index (χ1) is 15.8. The maximum Gasteiger partial charge on any atom is 0.231 e. The summed E-state index contributed by atoms with van der Waals surface area (Å²) in [5, 5.41) is 8.09. The van der Waals surface area contributed by atoms with E-state index >= 15 is 0 Å². The third-order valence-corrected chi connectivity index (χ3v) is 7.58. The number of nitrogens with one attached hydrogen (secondary N) is 2. The summed E-state index contributed by atoms with van der Waals surface area (Å²) in [6, 6.07) is 10.4. The van der Waals surface area contributed by atoms with E-state index in [2.05, 4.69) is 58.6 Å². The van der Waals surface area contributed by atoms with E-state index in [1.807, 2.05) is 13.0 Å². The zero-order valence-corrected chi connectivity index (χ0v) is 21.6. The van der Waals surface area contributed by atoms with Crippen LogP contribution < -0.4 is 15.5 Å². The van der Waals surface area contributed by atoms with E-state index in [0.29, 0.717) is 22.9 Å². The fourth-order valence-electron chi connectivity index (χ4n) is 5.63. The maximum atomic E-state index is 6.33. The van der Waals surface area contributed by atoms with Crippen LogP contribution in [0.5, 0.6) is 0 Å². The Bertz CT molecular complexity index is 965. The fourth-order valence-corrected chi connectivity index (χ4v) is 5.98. The van der Waals surface area contributed by atoms with Crippen molar-refractivity contribution in [1.29, 1.82) is 0 Å². The lowest BCUT2D eigenvalue weighted by Crippen LogP contribution is -2.43. The van der Waals surface area contributed by atoms with Crippen molar-refractivity contribution >= 4 is 40.7 Å². The van der Waals surface area contributed by atoms with Gasteiger partial charge in [0.1, 0.15) is 5.82 Å². The minimum Gasteiger partial charge on any atom is -0.361 e. The molecule has 33 heavy (non-hydrogen) atoms. The molecule has 2 fully saturated rings. The van der Waals surface area contributed by atoms with Crippen molar-refractivity contribution in [3.63, 3.8) is 0 Å². The van der Waals surface area contributed by atoms with Gasteiger partial charge in [0, 0.05) is 41.8 Å². The Morgan fingerprint density at radius 3 is 2.55 bits per heavy atom. The van der Waals surface area contributed by atoms with Crippen LogP contribution in [-0.4, -0.2) is 34.7 Å². The third kappa shape index (κ3) is 6.15. The SMILES string of the molecule is Cc1cc(N2CC(C)CC(C)C2)nc(NC(=S)NCC2(c3cccc(Cl)c3)CCCCC2)n1. The molecular formula is C26H36ClN5S. The molecule has 5 nitrogen and oxygen atoms in total. The highest BCUT2D eigenvalue weighted by molar-refractivity contribution is 7.80. The minimum atomic E-state index is 0.0492. The van der Waals surface area contributed by atoms with E-state index in [1.54, 1.807) is 0 Å². The second-order valence-corrected chi connectivity index (χ2v) is 11.0. The molecule has 4 rings (SSSR count). The van der Waals surface area contributed by atoms with Crippen LogP contribution in [0.15, 0.2) is 30.3 Å². The van der Waals surface area contributed by atoms with Gasteiger partial charge in [0.15, 0.2) is 5.11 Å². The van der Waals surface area contributed by atoms with Gasteiger partial charge < -0.3 is 15.5 Å². The van der Waals surface area contributed by atoms with Crippen LogP contribution in [0.25, 0.3) is 0 Å². The summed E-state index contributed by atoms with van der Waals surface area (Å²) >= 11 is 12.0. The molecule has 1 saturated carbocycles. The highest BCUT2D eigenvalue weighted by Crippen LogP contribution is 2.39. The molecule has 1 aromatic carbocycles. The van der Waals surface area contributed by atoms with E-state index in [1.165, 1.54) is 31.2 Å². The van der Waals surface area contributed by atoms with Crippen molar-refractivity contribution in [2.24, 2.45) is 11.8 Å². The van der Waals surface area contributed by atoms with Gasteiger partial charge in [-0.05, 0) is 67.9 Å². The minimum absolute atomic E-state index is 0.0492. The molecule has 2 unspecified atom stereocenters. The zero-order valence-electron chi connectivity index (χ0n) is 20.0. The van der Waals surface area contributed by atoms with Gasteiger partial charge in [-0.25, -0.2) is 4.98 Å². The highest BCUT2D eigenvalue weighted by atomic mass is 35.5. The van der Waals surface area contributed by atoms with Gasteiger partial charge >= 0.3 is 0 Å². The standard InChI is InChI=1S/C26H36ClN5S/c1-18-12-19(2)16-32(15-18)23-13-20(3)29-24(30-23)31-25(33)28-17-26(10-5-4-6-11-26)21-8-7-9-22(27)14-21/h7-9,13-14,18-19H,4-6,10-12,15-17H2,1-3H3,(H2,28,29,30,31,33). The van der Waals surface area contributed by atoms with E-state index < -0.39 is 0 Å². The Hall–Kier alpha value is -1.92. The Morgan fingerprint density at radius 2 is 1.85 bits per heavy atom. The average Bonchev–Trinajstić information content (AvgIpc) is 2.77. The second kappa shape index (κ2) is 10.6.